The number of para-hydroxylation sites is 1. The van der Waals surface area contributed by atoms with Gasteiger partial charge in [-0.05, 0) is 50.0 Å². The van der Waals surface area contributed by atoms with Gasteiger partial charge in [-0.1, -0.05) is 19.1 Å². The maximum atomic E-state index is 12.3. The maximum Gasteiger partial charge on any atom is 0.387 e. The Morgan fingerprint density at radius 2 is 2.05 bits per heavy atom. The molecule has 19 heavy (non-hydrogen) atoms. The smallest absolute Gasteiger partial charge is 0.387 e. The quantitative estimate of drug-likeness (QED) is 0.855. The van der Waals surface area contributed by atoms with Gasteiger partial charge in [0.15, 0.2) is 0 Å². The van der Waals surface area contributed by atoms with E-state index in [1.54, 1.807) is 6.07 Å². The predicted molar refractivity (Wildman–Crippen MR) is 71.6 cm³/mol. The Morgan fingerprint density at radius 3 is 2.63 bits per heavy atom. The third kappa shape index (κ3) is 3.35. The number of nitrogen functional groups attached to an aromatic ring is 1. The molecule has 0 spiro atoms. The van der Waals surface area contributed by atoms with Crippen molar-refractivity contribution in [1.29, 1.82) is 0 Å². The lowest BCUT2D eigenvalue weighted by atomic mass is 9.88. The Hall–Kier alpha value is -1.36. The molecule has 0 bridgehead atoms. The van der Waals surface area contributed by atoms with Gasteiger partial charge in [-0.25, -0.2) is 0 Å². The summed E-state index contributed by atoms with van der Waals surface area (Å²) < 4.78 is 29.0. The van der Waals surface area contributed by atoms with Gasteiger partial charge in [-0.3, -0.25) is 0 Å². The van der Waals surface area contributed by atoms with E-state index in [4.69, 9.17) is 5.73 Å². The second-order valence-electron chi connectivity index (χ2n) is 4.85. The van der Waals surface area contributed by atoms with Crippen LogP contribution in [0.2, 0.25) is 0 Å². The van der Waals surface area contributed by atoms with E-state index in [2.05, 4.69) is 16.6 Å². The average Bonchev–Trinajstić information content (AvgIpc) is 2.41. The fourth-order valence-corrected chi connectivity index (χ4v) is 2.68. The molecular formula is C14H20F2N2O. The van der Waals surface area contributed by atoms with Crippen LogP contribution in [0.15, 0.2) is 18.2 Å². The Kier molecular flexibility index (Phi) is 4.58. The first-order valence-electron chi connectivity index (χ1n) is 6.67. The van der Waals surface area contributed by atoms with Gasteiger partial charge in [0.2, 0.25) is 0 Å². The number of alkyl halides is 2. The van der Waals surface area contributed by atoms with Crippen molar-refractivity contribution in [1.82, 2.24) is 4.90 Å². The monoisotopic (exact) mass is 270 g/mol. The van der Waals surface area contributed by atoms with Crippen LogP contribution in [-0.2, 0) is 0 Å². The Bertz CT molecular complexity index is 418. The fraction of sp³-hybridized carbons (Fsp3) is 0.571. The number of hydrogen-bond donors (Lipinski definition) is 1. The van der Waals surface area contributed by atoms with Crippen molar-refractivity contribution in [3.05, 3.63) is 23.8 Å². The molecule has 5 heteroatoms. The summed E-state index contributed by atoms with van der Waals surface area (Å²) in [5, 5.41) is 0. The van der Waals surface area contributed by atoms with E-state index in [-0.39, 0.29) is 5.75 Å². The molecule has 0 saturated carbocycles. The zero-order valence-corrected chi connectivity index (χ0v) is 11.1. The molecule has 0 radical (unpaired) electrons. The Labute approximate surface area is 112 Å². The summed E-state index contributed by atoms with van der Waals surface area (Å²) in [5.41, 5.74) is 7.26. The Morgan fingerprint density at radius 1 is 1.37 bits per heavy atom. The second kappa shape index (κ2) is 6.19. The zero-order chi connectivity index (χ0) is 13.8. The molecule has 1 aromatic carbocycles. The van der Waals surface area contributed by atoms with E-state index >= 15 is 0 Å². The van der Waals surface area contributed by atoms with E-state index in [0.717, 1.165) is 38.0 Å². The molecule has 1 heterocycles. The summed E-state index contributed by atoms with van der Waals surface area (Å²) in [6.45, 7) is 2.42. The minimum atomic E-state index is -2.83. The van der Waals surface area contributed by atoms with Gasteiger partial charge in [0.1, 0.15) is 5.75 Å². The number of likely N-dealkylation sites (tertiary alicyclic amines) is 1. The van der Waals surface area contributed by atoms with Crippen LogP contribution in [0.5, 0.6) is 5.75 Å². The van der Waals surface area contributed by atoms with Crippen molar-refractivity contribution in [2.24, 2.45) is 0 Å². The molecule has 0 unspecified atom stereocenters. The first kappa shape index (κ1) is 14.1. The van der Waals surface area contributed by atoms with E-state index in [1.165, 1.54) is 6.07 Å². The van der Waals surface area contributed by atoms with Crippen LogP contribution < -0.4 is 10.5 Å². The summed E-state index contributed by atoms with van der Waals surface area (Å²) in [6.07, 6.45) is 2.02. The molecule has 0 atom stereocenters. The first-order chi connectivity index (χ1) is 9.11. The van der Waals surface area contributed by atoms with Gasteiger partial charge in [0.05, 0.1) is 5.69 Å². The summed E-state index contributed by atoms with van der Waals surface area (Å²) in [7, 11) is 0. The molecular weight excluding hydrogens is 250 g/mol. The molecule has 3 nitrogen and oxygen atoms in total. The third-order valence-electron chi connectivity index (χ3n) is 3.79. The molecule has 106 valence electrons. The van der Waals surface area contributed by atoms with Crippen LogP contribution in [0.3, 0.4) is 0 Å². The van der Waals surface area contributed by atoms with Crippen molar-refractivity contribution >= 4 is 5.69 Å². The van der Waals surface area contributed by atoms with Crippen molar-refractivity contribution in [3.63, 3.8) is 0 Å². The largest absolute Gasteiger partial charge is 0.433 e. The van der Waals surface area contributed by atoms with Crippen LogP contribution in [0.25, 0.3) is 0 Å². The van der Waals surface area contributed by atoms with E-state index in [0.29, 0.717) is 11.6 Å². The summed E-state index contributed by atoms with van der Waals surface area (Å²) in [5.74, 6) is 0.425. The summed E-state index contributed by atoms with van der Waals surface area (Å²) in [4.78, 5) is 2.38. The van der Waals surface area contributed by atoms with E-state index < -0.39 is 6.61 Å². The number of nitrogens with zero attached hydrogens (tertiary/aromatic N) is 1. The van der Waals surface area contributed by atoms with Crippen LogP contribution in [0.4, 0.5) is 14.5 Å². The number of nitrogens with two attached hydrogens (primary N) is 1. The molecule has 0 aromatic heterocycles. The number of anilines is 1. The molecule has 1 aromatic rings. The molecule has 1 saturated heterocycles. The fourth-order valence-electron chi connectivity index (χ4n) is 2.68. The predicted octanol–water partition coefficient (Wildman–Crippen LogP) is 3.07. The van der Waals surface area contributed by atoms with Gasteiger partial charge in [0.25, 0.3) is 0 Å². The summed E-state index contributed by atoms with van der Waals surface area (Å²) in [6, 6.07) is 5.14. The van der Waals surface area contributed by atoms with Crippen LogP contribution in [0.1, 0.15) is 31.2 Å². The highest BCUT2D eigenvalue weighted by molar-refractivity contribution is 5.59. The lowest BCUT2D eigenvalue weighted by molar-refractivity contribution is -0.0493. The minimum Gasteiger partial charge on any atom is -0.433 e. The molecule has 0 aliphatic carbocycles. The SMILES string of the molecule is CCN1CCC(c2cccc(OC(F)F)c2N)CC1. The molecule has 2 rings (SSSR count). The third-order valence-corrected chi connectivity index (χ3v) is 3.79. The highest BCUT2D eigenvalue weighted by Crippen LogP contribution is 2.36. The number of rotatable bonds is 4. The highest BCUT2D eigenvalue weighted by Gasteiger charge is 2.22. The van der Waals surface area contributed by atoms with E-state index in [1.807, 2.05) is 6.07 Å². The van der Waals surface area contributed by atoms with Gasteiger partial charge < -0.3 is 15.4 Å². The Balaban J connectivity index is 2.12. The van der Waals surface area contributed by atoms with Crippen molar-refractivity contribution in [2.45, 2.75) is 32.3 Å². The molecule has 0 amide bonds. The standard InChI is InChI=1S/C14H20F2N2O/c1-2-18-8-6-10(7-9-18)11-4-3-5-12(13(11)17)19-14(15)16/h3-5,10,14H,2,6-9,17H2,1H3. The average molecular weight is 270 g/mol. The number of benzene rings is 1. The second-order valence-corrected chi connectivity index (χ2v) is 4.85. The van der Waals surface area contributed by atoms with Crippen molar-refractivity contribution in [3.8, 4) is 5.75 Å². The number of ether oxygens (including phenoxy) is 1. The summed E-state index contributed by atoms with van der Waals surface area (Å²) >= 11 is 0. The number of hydrogen-bond acceptors (Lipinski definition) is 3. The molecule has 1 aliphatic heterocycles. The lowest BCUT2D eigenvalue weighted by Crippen LogP contribution is -2.32. The highest BCUT2D eigenvalue weighted by atomic mass is 19.3. The molecule has 2 N–H and O–H groups in total. The number of halogens is 2. The molecule has 1 aliphatic rings. The van der Waals surface area contributed by atoms with Gasteiger partial charge in [-0.15, -0.1) is 0 Å². The van der Waals surface area contributed by atoms with Crippen molar-refractivity contribution < 1.29 is 13.5 Å². The minimum absolute atomic E-state index is 0.0884. The topological polar surface area (TPSA) is 38.5 Å². The van der Waals surface area contributed by atoms with Crippen LogP contribution >= 0.6 is 0 Å². The first-order valence-corrected chi connectivity index (χ1v) is 6.67. The van der Waals surface area contributed by atoms with Crippen LogP contribution in [-0.4, -0.2) is 31.1 Å². The van der Waals surface area contributed by atoms with Gasteiger partial charge >= 0.3 is 6.61 Å². The maximum absolute atomic E-state index is 12.3. The number of piperidine rings is 1. The normalized spacial score (nSPS) is 17.9. The van der Waals surface area contributed by atoms with Gasteiger partial charge in [0, 0.05) is 0 Å². The van der Waals surface area contributed by atoms with Crippen LogP contribution in [0, 0.1) is 0 Å². The molecule has 1 fully saturated rings. The van der Waals surface area contributed by atoms with E-state index in [9.17, 15) is 8.78 Å². The zero-order valence-electron chi connectivity index (χ0n) is 11.1. The van der Waals surface area contributed by atoms with Crippen molar-refractivity contribution in [2.75, 3.05) is 25.4 Å². The lowest BCUT2D eigenvalue weighted by Gasteiger charge is -2.32. The van der Waals surface area contributed by atoms with Gasteiger partial charge in [-0.2, -0.15) is 8.78 Å².